The first kappa shape index (κ1) is 20.8. The Bertz CT molecular complexity index is 765. The highest BCUT2D eigenvalue weighted by Crippen LogP contribution is 2.30. The number of rotatable bonds is 7. The van der Waals surface area contributed by atoms with E-state index in [2.05, 4.69) is 10.2 Å². The minimum absolute atomic E-state index is 0.0147. The molecule has 1 N–H and O–H groups in total. The Kier molecular flexibility index (Phi) is 6.66. The van der Waals surface area contributed by atoms with E-state index in [-0.39, 0.29) is 30.2 Å². The van der Waals surface area contributed by atoms with E-state index in [1.165, 1.54) is 0 Å². The number of nitrogens with zero attached hydrogens (tertiary/aromatic N) is 4. The number of aromatic amines is 1. The van der Waals surface area contributed by atoms with E-state index >= 15 is 0 Å². The van der Waals surface area contributed by atoms with E-state index in [1.807, 2.05) is 9.80 Å². The number of ether oxygens (including phenoxy) is 1. The van der Waals surface area contributed by atoms with E-state index in [4.69, 9.17) is 4.74 Å². The normalized spacial score (nSPS) is 20.4. The average molecular weight is 418 g/mol. The van der Waals surface area contributed by atoms with Crippen LogP contribution in [0.1, 0.15) is 60.5 Å². The Morgan fingerprint density at radius 1 is 1.07 bits per heavy atom. The van der Waals surface area contributed by atoms with Crippen molar-refractivity contribution in [2.45, 2.75) is 44.4 Å². The fourth-order valence-corrected chi connectivity index (χ4v) is 4.65. The van der Waals surface area contributed by atoms with E-state index < -0.39 is 0 Å². The van der Waals surface area contributed by atoms with Crippen LogP contribution in [0.2, 0.25) is 0 Å². The highest BCUT2D eigenvalue weighted by Gasteiger charge is 2.30. The fraction of sp³-hybridized carbons (Fsp3) is 0.714. The van der Waals surface area contributed by atoms with Crippen LogP contribution in [0, 0.1) is 0 Å². The smallest absolute Gasteiger partial charge is 0.257 e. The van der Waals surface area contributed by atoms with Crippen molar-refractivity contribution in [2.75, 3.05) is 52.5 Å². The SMILES string of the molecule is O=C1CCCN1CCOCC(=O)N1CCC(c2[nH]ncc2C(=O)N2CCCC2)CC1. The monoisotopic (exact) mass is 417 g/mol. The predicted molar refractivity (Wildman–Crippen MR) is 109 cm³/mol. The zero-order chi connectivity index (χ0) is 20.9. The third-order valence-corrected chi connectivity index (χ3v) is 6.45. The van der Waals surface area contributed by atoms with Crippen LogP contribution in [0.15, 0.2) is 6.20 Å². The largest absolute Gasteiger partial charge is 0.370 e. The summed E-state index contributed by atoms with van der Waals surface area (Å²) >= 11 is 0. The number of carbonyl (C=O) groups is 3. The lowest BCUT2D eigenvalue weighted by molar-refractivity contribution is -0.137. The van der Waals surface area contributed by atoms with E-state index in [0.717, 1.165) is 57.4 Å². The molecule has 0 radical (unpaired) electrons. The Labute approximate surface area is 176 Å². The van der Waals surface area contributed by atoms with Crippen molar-refractivity contribution in [3.05, 3.63) is 17.5 Å². The van der Waals surface area contributed by atoms with Gasteiger partial charge in [-0.2, -0.15) is 5.10 Å². The van der Waals surface area contributed by atoms with Crippen LogP contribution in [0.3, 0.4) is 0 Å². The molecule has 3 saturated heterocycles. The number of hydrogen-bond acceptors (Lipinski definition) is 5. The Morgan fingerprint density at radius 3 is 2.53 bits per heavy atom. The van der Waals surface area contributed by atoms with Crippen molar-refractivity contribution in [1.82, 2.24) is 24.9 Å². The minimum atomic E-state index is -0.0147. The predicted octanol–water partition coefficient (Wildman–Crippen LogP) is 0.991. The van der Waals surface area contributed by atoms with Gasteiger partial charge in [0.15, 0.2) is 0 Å². The summed E-state index contributed by atoms with van der Waals surface area (Å²) in [5.74, 6) is 0.437. The third-order valence-electron chi connectivity index (χ3n) is 6.45. The van der Waals surface area contributed by atoms with Crippen molar-refractivity contribution < 1.29 is 19.1 Å². The molecule has 0 aliphatic carbocycles. The van der Waals surface area contributed by atoms with Crippen LogP contribution in [0.25, 0.3) is 0 Å². The van der Waals surface area contributed by atoms with Crippen LogP contribution in [-0.2, 0) is 14.3 Å². The molecule has 3 amide bonds. The average Bonchev–Trinajstić information content (AvgIpc) is 3.53. The molecular weight excluding hydrogens is 386 g/mol. The molecular formula is C21H31N5O4. The molecule has 0 spiro atoms. The number of piperidine rings is 1. The van der Waals surface area contributed by atoms with Crippen molar-refractivity contribution in [3.8, 4) is 0 Å². The second kappa shape index (κ2) is 9.59. The molecule has 0 unspecified atom stereocenters. The number of likely N-dealkylation sites (tertiary alicyclic amines) is 3. The molecule has 30 heavy (non-hydrogen) atoms. The topological polar surface area (TPSA) is 98.8 Å². The standard InChI is InChI=1S/C21H31N5O4/c27-18-4-3-9-24(18)12-13-30-15-19(28)25-10-5-16(6-11-25)20-17(14-22-23-20)21(29)26-7-1-2-8-26/h14,16H,1-13,15H2,(H,22,23). The van der Waals surface area contributed by atoms with Crippen LogP contribution >= 0.6 is 0 Å². The van der Waals surface area contributed by atoms with Gasteiger partial charge >= 0.3 is 0 Å². The third kappa shape index (κ3) is 4.66. The van der Waals surface area contributed by atoms with Gasteiger partial charge < -0.3 is 19.4 Å². The number of H-pyrrole nitrogens is 1. The summed E-state index contributed by atoms with van der Waals surface area (Å²) in [5.41, 5.74) is 1.59. The first-order chi connectivity index (χ1) is 14.6. The molecule has 1 aromatic heterocycles. The van der Waals surface area contributed by atoms with Crippen LogP contribution in [0.4, 0.5) is 0 Å². The molecule has 4 heterocycles. The Morgan fingerprint density at radius 2 is 1.83 bits per heavy atom. The summed E-state index contributed by atoms with van der Waals surface area (Å²) in [4.78, 5) is 42.3. The molecule has 4 rings (SSSR count). The van der Waals surface area contributed by atoms with Gasteiger partial charge in [-0.3, -0.25) is 19.5 Å². The Balaban J connectivity index is 1.21. The maximum Gasteiger partial charge on any atom is 0.257 e. The minimum Gasteiger partial charge on any atom is -0.370 e. The van der Waals surface area contributed by atoms with Crippen LogP contribution < -0.4 is 0 Å². The van der Waals surface area contributed by atoms with Gasteiger partial charge in [-0.15, -0.1) is 0 Å². The first-order valence-electron chi connectivity index (χ1n) is 11.1. The summed E-state index contributed by atoms with van der Waals surface area (Å²) in [7, 11) is 0. The molecule has 0 atom stereocenters. The zero-order valence-corrected chi connectivity index (χ0v) is 17.5. The van der Waals surface area contributed by atoms with Gasteiger partial charge in [0, 0.05) is 51.6 Å². The summed E-state index contributed by atoms with van der Waals surface area (Å²) in [6.07, 6.45) is 6.91. The van der Waals surface area contributed by atoms with Gasteiger partial charge in [-0.05, 0) is 32.1 Å². The van der Waals surface area contributed by atoms with Gasteiger partial charge in [0.2, 0.25) is 11.8 Å². The van der Waals surface area contributed by atoms with E-state index in [0.29, 0.717) is 38.2 Å². The summed E-state index contributed by atoms with van der Waals surface area (Å²) in [5, 5.41) is 7.17. The van der Waals surface area contributed by atoms with Crippen molar-refractivity contribution in [1.29, 1.82) is 0 Å². The Hall–Kier alpha value is -2.42. The van der Waals surface area contributed by atoms with Gasteiger partial charge in [-0.25, -0.2) is 0 Å². The van der Waals surface area contributed by atoms with Crippen molar-refractivity contribution in [3.63, 3.8) is 0 Å². The molecule has 9 heteroatoms. The maximum atomic E-state index is 12.8. The molecule has 3 aliphatic heterocycles. The summed E-state index contributed by atoms with van der Waals surface area (Å²) in [6.45, 7) is 4.73. The number of nitrogens with one attached hydrogen (secondary N) is 1. The molecule has 9 nitrogen and oxygen atoms in total. The molecule has 0 aromatic carbocycles. The van der Waals surface area contributed by atoms with Crippen LogP contribution in [-0.4, -0.2) is 95.1 Å². The van der Waals surface area contributed by atoms with Gasteiger partial charge in [0.25, 0.3) is 5.91 Å². The number of aromatic nitrogens is 2. The second-order valence-corrected chi connectivity index (χ2v) is 8.39. The van der Waals surface area contributed by atoms with Crippen LogP contribution in [0.5, 0.6) is 0 Å². The highest BCUT2D eigenvalue weighted by atomic mass is 16.5. The summed E-state index contributed by atoms with van der Waals surface area (Å²) in [6, 6.07) is 0. The van der Waals surface area contributed by atoms with Gasteiger partial charge in [0.05, 0.1) is 24.1 Å². The fourth-order valence-electron chi connectivity index (χ4n) is 4.65. The number of carbonyl (C=O) groups excluding carboxylic acids is 3. The lowest BCUT2D eigenvalue weighted by Gasteiger charge is -2.32. The molecule has 0 bridgehead atoms. The number of hydrogen-bond donors (Lipinski definition) is 1. The van der Waals surface area contributed by atoms with Gasteiger partial charge in [-0.1, -0.05) is 0 Å². The van der Waals surface area contributed by atoms with Crippen molar-refractivity contribution in [2.24, 2.45) is 0 Å². The van der Waals surface area contributed by atoms with Gasteiger partial charge in [0.1, 0.15) is 6.61 Å². The highest BCUT2D eigenvalue weighted by molar-refractivity contribution is 5.95. The molecule has 3 fully saturated rings. The van der Waals surface area contributed by atoms with E-state index in [9.17, 15) is 14.4 Å². The first-order valence-corrected chi connectivity index (χ1v) is 11.1. The van der Waals surface area contributed by atoms with E-state index in [1.54, 1.807) is 11.1 Å². The molecule has 1 aromatic rings. The zero-order valence-electron chi connectivity index (χ0n) is 17.5. The quantitative estimate of drug-likeness (QED) is 0.667. The lowest BCUT2D eigenvalue weighted by atomic mass is 9.91. The maximum absolute atomic E-state index is 12.8. The second-order valence-electron chi connectivity index (χ2n) is 8.39. The molecule has 0 saturated carbocycles. The van der Waals surface area contributed by atoms with Crippen molar-refractivity contribution >= 4 is 17.7 Å². The molecule has 3 aliphatic rings. The number of amides is 3. The summed E-state index contributed by atoms with van der Waals surface area (Å²) < 4.78 is 5.51. The lowest BCUT2D eigenvalue weighted by Crippen LogP contribution is -2.40. The molecule has 164 valence electrons.